The van der Waals surface area contributed by atoms with Crippen LogP contribution in [0.4, 0.5) is 0 Å². The van der Waals surface area contributed by atoms with Crippen molar-refractivity contribution in [1.29, 1.82) is 0 Å². The first-order valence-corrected chi connectivity index (χ1v) is 13.1. The zero-order valence-electron chi connectivity index (χ0n) is 22.4. The van der Waals surface area contributed by atoms with Crippen LogP contribution in [0.1, 0.15) is 57.4 Å². The number of tetrazole rings is 1. The Morgan fingerprint density at radius 1 is 0.921 bits per heavy atom. The number of para-hydroxylation sites is 2. The van der Waals surface area contributed by atoms with E-state index in [4.69, 9.17) is 4.98 Å². The summed E-state index contributed by atoms with van der Waals surface area (Å²) in [6.07, 6.45) is 8.38. The molecule has 0 radical (unpaired) electrons. The highest BCUT2D eigenvalue weighted by atomic mass is 16.1. The van der Waals surface area contributed by atoms with Crippen molar-refractivity contribution < 1.29 is 0 Å². The summed E-state index contributed by atoms with van der Waals surface area (Å²) in [6, 6.07) is 20.1. The van der Waals surface area contributed by atoms with Crippen molar-refractivity contribution in [1.82, 2.24) is 34.3 Å². The molecule has 3 heterocycles. The molecule has 3 aromatic heterocycles. The Hall–Kier alpha value is -4.33. The van der Waals surface area contributed by atoms with Crippen LogP contribution in [0.5, 0.6) is 0 Å². The van der Waals surface area contributed by atoms with E-state index in [1.54, 1.807) is 11.0 Å². The highest BCUT2D eigenvalue weighted by Crippen LogP contribution is 2.28. The van der Waals surface area contributed by atoms with Crippen molar-refractivity contribution >= 4 is 0 Å². The number of benzene rings is 2. The Bertz CT molecular complexity index is 1570. The number of unbranched alkanes of at least 4 members (excludes halogenated alkanes) is 1. The molecule has 0 amide bonds. The third-order valence-corrected chi connectivity index (χ3v) is 6.76. The number of aryl methyl sites for hydroxylation is 1. The highest BCUT2D eigenvalue weighted by molar-refractivity contribution is 5.69. The maximum absolute atomic E-state index is 13.8. The smallest absolute Gasteiger partial charge is 0.292 e. The summed E-state index contributed by atoms with van der Waals surface area (Å²) in [5, 5.41) is 11.5. The molecule has 5 aromatic rings. The van der Waals surface area contributed by atoms with Gasteiger partial charge < -0.3 is 0 Å². The first-order valence-electron chi connectivity index (χ1n) is 13.1. The van der Waals surface area contributed by atoms with Crippen LogP contribution < -0.4 is 5.69 Å². The predicted octanol–water partition coefficient (Wildman–Crippen LogP) is 5.37. The molecule has 0 aliphatic carbocycles. The third-order valence-electron chi connectivity index (χ3n) is 6.76. The van der Waals surface area contributed by atoms with Crippen LogP contribution in [0, 0.1) is 0 Å². The zero-order valence-corrected chi connectivity index (χ0v) is 22.4. The Balaban J connectivity index is 1.50. The zero-order chi connectivity index (χ0) is 26.7. The van der Waals surface area contributed by atoms with Gasteiger partial charge in [0.05, 0.1) is 23.6 Å². The lowest BCUT2D eigenvalue weighted by Gasteiger charge is -2.22. The van der Waals surface area contributed by atoms with Gasteiger partial charge in [0.1, 0.15) is 6.33 Å². The Labute approximate surface area is 222 Å². The summed E-state index contributed by atoms with van der Waals surface area (Å²) in [6.45, 7) is 9.17. The molecule has 0 saturated heterocycles. The van der Waals surface area contributed by atoms with Crippen molar-refractivity contribution in [3.63, 3.8) is 0 Å². The summed E-state index contributed by atoms with van der Waals surface area (Å²) >= 11 is 0. The molecule has 0 aliphatic heterocycles. The number of pyridine rings is 1. The van der Waals surface area contributed by atoms with Crippen molar-refractivity contribution in [3.8, 4) is 22.6 Å². The van der Waals surface area contributed by atoms with Crippen molar-refractivity contribution in [3.05, 3.63) is 107 Å². The van der Waals surface area contributed by atoms with E-state index in [0.717, 1.165) is 58.7 Å². The van der Waals surface area contributed by atoms with Gasteiger partial charge in [-0.1, -0.05) is 76.6 Å². The van der Waals surface area contributed by atoms with Crippen molar-refractivity contribution in [2.24, 2.45) is 0 Å². The Kier molecular flexibility index (Phi) is 7.05. The van der Waals surface area contributed by atoms with E-state index < -0.39 is 0 Å². The van der Waals surface area contributed by atoms with Gasteiger partial charge in [-0.05, 0) is 58.0 Å². The van der Waals surface area contributed by atoms with Crippen molar-refractivity contribution in [2.75, 3.05) is 0 Å². The van der Waals surface area contributed by atoms with Crippen LogP contribution in [0.25, 0.3) is 22.6 Å². The standard InChI is InChI=1S/C30H33N7O/c1-5-6-11-23-20-36(28-15-10-8-13-25(28)30(2,3)4)29(38)35(23)19-22-16-17-26(31-18-22)24-12-7-9-14-27(24)37-21-32-33-34-37/h7-10,12-18,20-21H,5-6,11,19H2,1-4H3. The maximum Gasteiger partial charge on any atom is 0.333 e. The molecule has 0 fully saturated rings. The molecular weight excluding hydrogens is 474 g/mol. The fourth-order valence-corrected chi connectivity index (χ4v) is 4.77. The molecule has 5 rings (SSSR count). The fraction of sp³-hybridized carbons (Fsp3) is 0.300. The first kappa shape index (κ1) is 25.3. The lowest BCUT2D eigenvalue weighted by molar-refractivity contribution is 0.584. The fourth-order valence-electron chi connectivity index (χ4n) is 4.77. The second kappa shape index (κ2) is 10.6. The van der Waals surface area contributed by atoms with Gasteiger partial charge in [-0.15, -0.1) is 5.10 Å². The van der Waals surface area contributed by atoms with E-state index in [2.05, 4.69) is 49.3 Å². The minimum absolute atomic E-state index is 0.0269. The average Bonchev–Trinajstić information content (AvgIpc) is 3.56. The van der Waals surface area contributed by atoms with E-state index >= 15 is 0 Å². The summed E-state index contributed by atoms with van der Waals surface area (Å²) in [7, 11) is 0. The number of imidazole rings is 1. The van der Waals surface area contributed by atoms with Gasteiger partial charge in [0.2, 0.25) is 0 Å². The molecule has 0 atom stereocenters. The number of nitrogens with zero attached hydrogens (tertiary/aromatic N) is 7. The lowest BCUT2D eigenvalue weighted by atomic mass is 9.86. The molecular formula is C30H33N7O. The van der Waals surface area contributed by atoms with E-state index in [1.807, 2.05) is 76.1 Å². The van der Waals surface area contributed by atoms with Gasteiger partial charge in [0, 0.05) is 23.7 Å². The molecule has 0 aliphatic rings. The van der Waals surface area contributed by atoms with Crippen molar-refractivity contribution in [2.45, 2.75) is 58.9 Å². The molecule has 0 saturated carbocycles. The molecule has 0 bridgehead atoms. The first-order chi connectivity index (χ1) is 18.4. The molecule has 8 heteroatoms. The molecule has 0 spiro atoms. The highest BCUT2D eigenvalue weighted by Gasteiger charge is 2.21. The largest absolute Gasteiger partial charge is 0.333 e. The molecule has 2 aromatic carbocycles. The summed E-state index contributed by atoms with van der Waals surface area (Å²) < 4.78 is 5.33. The molecule has 0 unspecified atom stereocenters. The van der Waals surface area contributed by atoms with Crippen LogP contribution in [0.15, 0.2) is 84.2 Å². The lowest BCUT2D eigenvalue weighted by Crippen LogP contribution is -2.26. The van der Waals surface area contributed by atoms with Crippen LogP contribution in [0.3, 0.4) is 0 Å². The number of hydrogen-bond acceptors (Lipinski definition) is 5. The van der Waals surface area contributed by atoms with Gasteiger partial charge in [0.25, 0.3) is 0 Å². The molecule has 8 nitrogen and oxygen atoms in total. The van der Waals surface area contributed by atoms with E-state index in [0.29, 0.717) is 6.54 Å². The topological polar surface area (TPSA) is 83.4 Å². The maximum atomic E-state index is 13.8. The molecule has 194 valence electrons. The van der Waals surface area contributed by atoms with Crippen LogP contribution in [-0.2, 0) is 18.4 Å². The van der Waals surface area contributed by atoms with Crippen LogP contribution in [-0.4, -0.2) is 34.3 Å². The number of rotatable bonds is 8. The van der Waals surface area contributed by atoms with Gasteiger partial charge in [-0.25, -0.2) is 4.79 Å². The quantitative estimate of drug-likeness (QED) is 0.282. The summed E-state index contributed by atoms with van der Waals surface area (Å²) in [5.74, 6) is 0. The second-order valence-corrected chi connectivity index (χ2v) is 10.6. The predicted molar refractivity (Wildman–Crippen MR) is 149 cm³/mol. The SMILES string of the molecule is CCCCc1cn(-c2ccccc2C(C)(C)C)c(=O)n1Cc1ccc(-c2ccccc2-n2cnnn2)nc1. The molecule has 38 heavy (non-hydrogen) atoms. The van der Waals surface area contributed by atoms with Gasteiger partial charge in [0.15, 0.2) is 0 Å². The van der Waals surface area contributed by atoms with Gasteiger partial charge in [-0.3, -0.25) is 14.1 Å². The Morgan fingerprint density at radius 2 is 1.68 bits per heavy atom. The summed E-state index contributed by atoms with van der Waals surface area (Å²) in [4.78, 5) is 18.5. The minimum Gasteiger partial charge on any atom is -0.292 e. The monoisotopic (exact) mass is 507 g/mol. The van der Waals surface area contributed by atoms with E-state index in [-0.39, 0.29) is 11.1 Å². The Morgan fingerprint density at radius 3 is 2.37 bits per heavy atom. The third kappa shape index (κ3) is 5.07. The molecule has 0 N–H and O–H groups in total. The van der Waals surface area contributed by atoms with Gasteiger partial charge in [-0.2, -0.15) is 4.68 Å². The average molecular weight is 508 g/mol. The number of hydrogen-bond donors (Lipinski definition) is 0. The van der Waals surface area contributed by atoms with Crippen LogP contribution >= 0.6 is 0 Å². The van der Waals surface area contributed by atoms with E-state index in [9.17, 15) is 4.79 Å². The van der Waals surface area contributed by atoms with E-state index in [1.165, 1.54) is 0 Å². The van der Waals surface area contributed by atoms with Gasteiger partial charge >= 0.3 is 5.69 Å². The normalized spacial score (nSPS) is 11.7. The minimum atomic E-state index is -0.0833. The van der Waals surface area contributed by atoms with Crippen LogP contribution in [0.2, 0.25) is 0 Å². The number of aromatic nitrogens is 7. The second-order valence-electron chi connectivity index (χ2n) is 10.6. The summed E-state index contributed by atoms with van der Waals surface area (Å²) in [5.41, 5.74) is 6.57.